The number of hydrogen-bond donors (Lipinski definition) is 2. The molecule has 1 heterocycles. The van der Waals surface area contributed by atoms with Gasteiger partial charge in [-0.25, -0.2) is 0 Å². The topological polar surface area (TPSA) is 56.7 Å². The van der Waals surface area contributed by atoms with E-state index >= 15 is 0 Å². The average molecular weight is 314 g/mol. The summed E-state index contributed by atoms with van der Waals surface area (Å²) in [6.07, 6.45) is 5.31. The first kappa shape index (κ1) is 15.8. The summed E-state index contributed by atoms with van der Waals surface area (Å²) in [5, 5.41) is 6.13. The number of hydrogen-bond acceptors (Lipinski definition) is 2. The number of likely N-dealkylation sites (tertiary alicyclic amines) is 1. The minimum atomic E-state index is -0.00689. The number of benzene rings is 1. The molecule has 1 aliphatic heterocycles. The van der Waals surface area contributed by atoms with Crippen LogP contribution in [0.4, 0.5) is 0 Å². The Bertz CT molecular complexity index is 566. The first-order valence-electron chi connectivity index (χ1n) is 8.47. The number of nitrogens with zero attached hydrogens (tertiary/aromatic N) is 2. The highest BCUT2D eigenvalue weighted by molar-refractivity contribution is 5.86. The van der Waals surface area contributed by atoms with Crippen LogP contribution in [-0.4, -0.2) is 43.4 Å². The van der Waals surface area contributed by atoms with Gasteiger partial charge in [0.15, 0.2) is 5.96 Å². The summed E-state index contributed by atoms with van der Waals surface area (Å²) in [7, 11) is 1.79. The standard InChI is InChI=1S/C18H26N4O/c1-19-17(22-11-10-18(14-22)8-5-9-18)21-13-16(23)20-12-15-6-3-2-4-7-15/h2-4,6-7H,5,8-14H2,1H3,(H,19,21)(H,20,23). The van der Waals surface area contributed by atoms with E-state index in [4.69, 9.17) is 0 Å². The molecule has 5 heteroatoms. The average Bonchev–Trinajstić information content (AvgIpc) is 3.00. The Kier molecular flexibility index (Phi) is 4.84. The molecule has 0 radical (unpaired) electrons. The fourth-order valence-corrected chi connectivity index (χ4v) is 3.55. The third-order valence-corrected chi connectivity index (χ3v) is 5.10. The first-order valence-corrected chi connectivity index (χ1v) is 8.47. The SMILES string of the molecule is CN=C(NCC(=O)NCc1ccccc1)N1CCC2(CCC2)C1. The molecule has 0 aromatic heterocycles. The van der Waals surface area contributed by atoms with Crippen molar-refractivity contribution in [1.29, 1.82) is 0 Å². The molecule has 2 fully saturated rings. The summed E-state index contributed by atoms with van der Waals surface area (Å²) in [4.78, 5) is 18.6. The van der Waals surface area contributed by atoms with Crippen molar-refractivity contribution in [2.75, 3.05) is 26.7 Å². The molecule has 3 rings (SSSR count). The minimum absolute atomic E-state index is 0.00689. The third kappa shape index (κ3) is 3.84. The van der Waals surface area contributed by atoms with Crippen LogP contribution in [0.15, 0.2) is 35.3 Å². The van der Waals surface area contributed by atoms with E-state index in [0.29, 0.717) is 12.0 Å². The van der Waals surface area contributed by atoms with Gasteiger partial charge in [-0.1, -0.05) is 36.8 Å². The maximum atomic E-state index is 12.0. The van der Waals surface area contributed by atoms with E-state index in [-0.39, 0.29) is 12.5 Å². The molecule has 5 nitrogen and oxygen atoms in total. The van der Waals surface area contributed by atoms with E-state index in [0.717, 1.165) is 24.6 Å². The summed E-state index contributed by atoms with van der Waals surface area (Å²) in [5.41, 5.74) is 1.64. The summed E-state index contributed by atoms with van der Waals surface area (Å²) in [6, 6.07) is 9.95. The van der Waals surface area contributed by atoms with Crippen molar-refractivity contribution in [1.82, 2.24) is 15.5 Å². The Morgan fingerprint density at radius 3 is 2.61 bits per heavy atom. The lowest BCUT2D eigenvalue weighted by atomic mass is 9.68. The molecular formula is C18H26N4O. The molecule has 2 aliphatic rings. The van der Waals surface area contributed by atoms with Crippen molar-refractivity contribution in [2.45, 2.75) is 32.2 Å². The maximum absolute atomic E-state index is 12.0. The lowest BCUT2D eigenvalue weighted by Crippen LogP contribution is -2.45. The van der Waals surface area contributed by atoms with Crippen LogP contribution in [0.1, 0.15) is 31.2 Å². The smallest absolute Gasteiger partial charge is 0.239 e. The van der Waals surface area contributed by atoms with Crippen molar-refractivity contribution >= 4 is 11.9 Å². The zero-order valence-corrected chi connectivity index (χ0v) is 13.8. The quantitative estimate of drug-likeness (QED) is 0.658. The Hall–Kier alpha value is -2.04. The summed E-state index contributed by atoms with van der Waals surface area (Å²) in [5.74, 6) is 0.844. The van der Waals surface area contributed by atoms with Crippen LogP contribution in [0.2, 0.25) is 0 Å². The van der Waals surface area contributed by atoms with Crippen molar-refractivity contribution in [3.05, 3.63) is 35.9 Å². The van der Waals surface area contributed by atoms with Gasteiger partial charge in [0.25, 0.3) is 0 Å². The number of aliphatic imine (C=N–C) groups is 1. The van der Waals surface area contributed by atoms with Crippen LogP contribution in [0.3, 0.4) is 0 Å². The number of guanidine groups is 1. The van der Waals surface area contributed by atoms with E-state index in [1.807, 2.05) is 30.3 Å². The van der Waals surface area contributed by atoms with Crippen LogP contribution >= 0.6 is 0 Å². The van der Waals surface area contributed by atoms with Crippen molar-refractivity contribution in [3.8, 4) is 0 Å². The van der Waals surface area contributed by atoms with Gasteiger partial charge in [0.2, 0.25) is 5.91 Å². The van der Waals surface area contributed by atoms with E-state index in [1.165, 1.54) is 25.7 Å². The molecule has 124 valence electrons. The van der Waals surface area contributed by atoms with Gasteiger partial charge in [0.05, 0.1) is 6.54 Å². The fraction of sp³-hybridized carbons (Fsp3) is 0.556. The normalized spacial score (nSPS) is 19.5. The van der Waals surface area contributed by atoms with Crippen molar-refractivity contribution < 1.29 is 4.79 Å². The first-order chi connectivity index (χ1) is 11.2. The molecule has 1 aromatic rings. The summed E-state index contributed by atoms with van der Waals surface area (Å²) < 4.78 is 0. The highest BCUT2D eigenvalue weighted by Gasteiger charge is 2.43. The van der Waals surface area contributed by atoms with Crippen LogP contribution in [0, 0.1) is 5.41 Å². The molecule has 1 aliphatic carbocycles. The largest absolute Gasteiger partial charge is 0.350 e. The molecule has 1 aromatic carbocycles. The molecule has 1 spiro atoms. The highest BCUT2D eigenvalue weighted by atomic mass is 16.1. The Balaban J connectivity index is 1.42. The predicted molar refractivity (Wildman–Crippen MR) is 92.1 cm³/mol. The van der Waals surface area contributed by atoms with Crippen molar-refractivity contribution in [3.63, 3.8) is 0 Å². The van der Waals surface area contributed by atoms with E-state index in [1.54, 1.807) is 7.05 Å². The van der Waals surface area contributed by atoms with Gasteiger partial charge in [-0.3, -0.25) is 9.79 Å². The molecule has 2 N–H and O–H groups in total. The molecule has 23 heavy (non-hydrogen) atoms. The fourth-order valence-electron chi connectivity index (χ4n) is 3.55. The van der Waals surface area contributed by atoms with Crippen LogP contribution in [-0.2, 0) is 11.3 Å². The highest BCUT2D eigenvalue weighted by Crippen LogP contribution is 2.47. The van der Waals surface area contributed by atoms with Crippen molar-refractivity contribution in [2.24, 2.45) is 10.4 Å². The van der Waals surface area contributed by atoms with Gasteiger partial charge >= 0.3 is 0 Å². The minimum Gasteiger partial charge on any atom is -0.350 e. The molecule has 0 bridgehead atoms. The summed E-state index contributed by atoms with van der Waals surface area (Å²) >= 11 is 0. The van der Waals surface area contributed by atoms with Gasteiger partial charge in [0, 0.05) is 26.7 Å². The zero-order valence-electron chi connectivity index (χ0n) is 13.8. The molecule has 1 saturated carbocycles. The Morgan fingerprint density at radius 1 is 1.22 bits per heavy atom. The monoisotopic (exact) mass is 314 g/mol. The number of rotatable bonds is 4. The lowest BCUT2D eigenvalue weighted by molar-refractivity contribution is -0.120. The number of nitrogens with one attached hydrogen (secondary N) is 2. The second kappa shape index (κ2) is 7.02. The number of carbonyl (C=O) groups is 1. The molecule has 1 saturated heterocycles. The Morgan fingerprint density at radius 2 is 2.00 bits per heavy atom. The second-order valence-electron chi connectivity index (χ2n) is 6.69. The number of carbonyl (C=O) groups excluding carboxylic acids is 1. The molecule has 0 unspecified atom stereocenters. The van der Waals surface area contributed by atoms with Crippen LogP contribution < -0.4 is 10.6 Å². The molecule has 0 atom stereocenters. The van der Waals surface area contributed by atoms with Gasteiger partial charge in [0.1, 0.15) is 0 Å². The van der Waals surface area contributed by atoms with Gasteiger partial charge in [-0.05, 0) is 30.2 Å². The van der Waals surface area contributed by atoms with Gasteiger partial charge < -0.3 is 15.5 Å². The van der Waals surface area contributed by atoms with Crippen LogP contribution in [0.25, 0.3) is 0 Å². The lowest BCUT2D eigenvalue weighted by Gasteiger charge is -2.38. The summed E-state index contributed by atoms with van der Waals surface area (Å²) in [6.45, 7) is 2.96. The molecule has 1 amide bonds. The van der Waals surface area contributed by atoms with Crippen LogP contribution in [0.5, 0.6) is 0 Å². The van der Waals surface area contributed by atoms with Gasteiger partial charge in [-0.2, -0.15) is 0 Å². The maximum Gasteiger partial charge on any atom is 0.239 e. The number of amides is 1. The Labute approximate surface area is 138 Å². The predicted octanol–water partition coefficient (Wildman–Crippen LogP) is 1.75. The van der Waals surface area contributed by atoms with Gasteiger partial charge in [-0.15, -0.1) is 0 Å². The molecular weight excluding hydrogens is 288 g/mol. The van der Waals surface area contributed by atoms with E-state index < -0.39 is 0 Å². The second-order valence-corrected chi connectivity index (χ2v) is 6.69. The third-order valence-electron chi connectivity index (χ3n) is 5.10. The zero-order chi connectivity index (χ0) is 16.1. The van der Waals surface area contributed by atoms with E-state index in [9.17, 15) is 4.79 Å². The van der Waals surface area contributed by atoms with E-state index in [2.05, 4.69) is 20.5 Å².